The minimum atomic E-state index is 0. The van der Waals surface area contributed by atoms with Crippen molar-refractivity contribution in [3.05, 3.63) is 18.9 Å². The molecule has 3 heteroatoms. The molecular weight excluding hydrogens is 182 g/mol. The second-order valence-corrected chi connectivity index (χ2v) is 2.07. The van der Waals surface area contributed by atoms with Crippen LogP contribution in [0.5, 0.6) is 0 Å². The predicted octanol–water partition coefficient (Wildman–Crippen LogP) is -1.85. The molecule has 9 heavy (non-hydrogen) atoms. The Bertz CT molecular complexity index is 148. The third-order valence-corrected chi connectivity index (χ3v) is 1.09. The van der Waals surface area contributed by atoms with Gasteiger partial charge in [0.05, 0.1) is 0 Å². The summed E-state index contributed by atoms with van der Waals surface area (Å²) in [5, 5.41) is 0. The molecule has 0 aromatic carbocycles. The van der Waals surface area contributed by atoms with Crippen molar-refractivity contribution in [2.45, 2.75) is 19.9 Å². The van der Waals surface area contributed by atoms with Gasteiger partial charge < -0.3 is 21.4 Å². The lowest BCUT2D eigenvalue weighted by atomic mass is 10.4. The molecule has 1 heterocycles. The summed E-state index contributed by atoms with van der Waals surface area (Å²) in [7, 11) is 0. The minimum absolute atomic E-state index is 0. The lowest BCUT2D eigenvalue weighted by molar-refractivity contribution is -0.718. The van der Waals surface area contributed by atoms with Gasteiger partial charge in [0.25, 0.3) is 0 Å². The number of hydrogen-bond donors (Lipinski definition) is 0. The van der Waals surface area contributed by atoms with E-state index in [1.807, 2.05) is 10.8 Å². The maximum Gasteiger partial charge on any atom is 0.334 e. The summed E-state index contributed by atoms with van der Waals surface area (Å²) in [5.41, 5.74) is 0. The molecule has 0 N–H and O–H groups in total. The van der Waals surface area contributed by atoms with E-state index in [9.17, 15) is 0 Å². The number of halogens is 1. The third-order valence-electron chi connectivity index (χ3n) is 1.09. The second-order valence-electron chi connectivity index (χ2n) is 2.07. The maximum absolute atomic E-state index is 4.84. The largest absolute Gasteiger partial charge is 1.00 e. The van der Waals surface area contributed by atoms with Gasteiger partial charge in [-0.1, -0.05) is 0 Å². The molecule has 1 rings (SSSR count). The van der Waals surface area contributed by atoms with E-state index in [-0.39, 0.29) is 17.0 Å². The molecular formula is C6H10BrNO. The first-order chi connectivity index (χ1) is 3.80. The topological polar surface area (TPSA) is 17.0 Å². The van der Waals surface area contributed by atoms with E-state index in [0.717, 1.165) is 0 Å². The molecule has 0 fully saturated rings. The van der Waals surface area contributed by atoms with Crippen LogP contribution in [0, 0.1) is 0 Å². The molecule has 0 spiro atoms. The second kappa shape index (κ2) is 3.67. The average molecular weight is 192 g/mol. The van der Waals surface area contributed by atoms with Crippen LogP contribution in [0.25, 0.3) is 0 Å². The fourth-order valence-corrected chi connectivity index (χ4v) is 0.540. The van der Waals surface area contributed by atoms with Crippen molar-refractivity contribution in [2.75, 3.05) is 0 Å². The number of rotatable bonds is 1. The summed E-state index contributed by atoms with van der Waals surface area (Å²) in [4.78, 5) is 0. The predicted molar refractivity (Wildman–Crippen MR) is 29.3 cm³/mol. The van der Waals surface area contributed by atoms with Gasteiger partial charge in [0, 0.05) is 0 Å². The normalized spacial score (nSPS) is 9.22. The van der Waals surface area contributed by atoms with E-state index in [4.69, 9.17) is 4.42 Å². The Morgan fingerprint density at radius 3 is 2.33 bits per heavy atom. The van der Waals surface area contributed by atoms with E-state index in [1.165, 1.54) is 0 Å². The zero-order valence-electron chi connectivity index (χ0n) is 5.54. The summed E-state index contributed by atoms with van der Waals surface area (Å²) >= 11 is 0. The number of aromatic nitrogens is 1. The van der Waals surface area contributed by atoms with Crippen LogP contribution >= 0.6 is 0 Å². The highest BCUT2D eigenvalue weighted by atomic mass is 79.9. The van der Waals surface area contributed by atoms with Gasteiger partial charge in [-0.2, -0.15) is 4.57 Å². The summed E-state index contributed by atoms with van der Waals surface area (Å²) in [5.74, 6) is 0. The molecule has 0 aliphatic carbocycles. The Labute approximate surface area is 65.3 Å². The highest BCUT2D eigenvalue weighted by Gasteiger charge is 2.03. The van der Waals surface area contributed by atoms with Gasteiger partial charge in [0.2, 0.25) is 6.20 Å². The average Bonchev–Trinajstić information content (AvgIpc) is 2.12. The highest BCUT2D eigenvalue weighted by Crippen LogP contribution is 1.88. The summed E-state index contributed by atoms with van der Waals surface area (Å²) in [6.45, 7) is 4.21. The van der Waals surface area contributed by atoms with E-state index >= 15 is 0 Å². The zero-order chi connectivity index (χ0) is 5.98. The molecule has 0 aliphatic rings. The molecule has 0 atom stereocenters. The van der Waals surface area contributed by atoms with Crippen molar-refractivity contribution in [1.82, 2.24) is 0 Å². The van der Waals surface area contributed by atoms with Crippen molar-refractivity contribution in [2.24, 2.45) is 0 Å². The van der Waals surface area contributed by atoms with E-state index in [1.54, 1.807) is 12.7 Å². The van der Waals surface area contributed by atoms with Gasteiger partial charge in [-0.15, -0.1) is 0 Å². The molecule has 0 bridgehead atoms. The lowest BCUT2D eigenvalue weighted by Crippen LogP contribution is -3.00. The standard InChI is InChI=1S/C6H10NO.BrH/c1-6(2)7-3-4-8-5-7;/h3-6H,1-2H3;1H/q+1;/p-1. The zero-order valence-corrected chi connectivity index (χ0v) is 7.13. The minimum Gasteiger partial charge on any atom is -1.00 e. The van der Waals surface area contributed by atoms with Crippen LogP contribution in [0.3, 0.4) is 0 Å². The molecule has 0 saturated heterocycles. The van der Waals surface area contributed by atoms with Gasteiger partial charge in [-0.25, -0.2) is 0 Å². The van der Waals surface area contributed by atoms with Crippen LogP contribution in [0.2, 0.25) is 0 Å². The Morgan fingerprint density at radius 1 is 1.44 bits per heavy atom. The van der Waals surface area contributed by atoms with Crippen molar-refractivity contribution < 1.29 is 26.0 Å². The van der Waals surface area contributed by atoms with E-state index in [0.29, 0.717) is 6.04 Å². The van der Waals surface area contributed by atoms with Crippen LogP contribution < -0.4 is 21.5 Å². The van der Waals surface area contributed by atoms with Crippen LogP contribution in [0.1, 0.15) is 19.9 Å². The van der Waals surface area contributed by atoms with Gasteiger partial charge in [-0.3, -0.25) is 0 Å². The molecule has 0 unspecified atom stereocenters. The third kappa shape index (κ3) is 2.18. The smallest absolute Gasteiger partial charge is 0.334 e. The number of nitrogens with zero attached hydrogens (tertiary/aromatic N) is 1. The summed E-state index contributed by atoms with van der Waals surface area (Å²) in [6, 6.07) is 0.508. The first-order valence-electron chi connectivity index (χ1n) is 2.73. The molecule has 0 amide bonds. The molecule has 1 aromatic rings. The summed E-state index contributed by atoms with van der Waals surface area (Å²) < 4.78 is 6.84. The van der Waals surface area contributed by atoms with E-state index < -0.39 is 0 Å². The number of oxazole rings is 1. The first kappa shape index (κ1) is 8.69. The van der Waals surface area contributed by atoms with Gasteiger partial charge in [0.1, 0.15) is 0 Å². The maximum atomic E-state index is 4.84. The number of hydrogen-bond acceptors (Lipinski definition) is 1. The molecule has 52 valence electrons. The van der Waals surface area contributed by atoms with Crippen LogP contribution in [0.4, 0.5) is 0 Å². The van der Waals surface area contributed by atoms with Crippen molar-refractivity contribution in [3.63, 3.8) is 0 Å². The Balaban J connectivity index is 0.000000640. The Morgan fingerprint density at radius 2 is 2.11 bits per heavy atom. The molecule has 0 radical (unpaired) electrons. The van der Waals surface area contributed by atoms with Crippen LogP contribution in [-0.2, 0) is 0 Å². The van der Waals surface area contributed by atoms with Gasteiger partial charge in [-0.05, 0) is 13.8 Å². The molecule has 0 saturated carbocycles. The van der Waals surface area contributed by atoms with Gasteiger partial charge in [0.15, 0.2) is 12.3 Å². The Hall–Kier alpha value is -0.310. The lowest BCUT2D eigenvalue weighted by Gasteiger charge is -1.89. The van der Waals surface area contributed by atoms with Gasteiger partial charge >= 0.3 is 6.39 Å². The van der Waals surface area contributed by atoms with Crippen molar-refractivity contribution in [1.29, 1.82) is 0 Å². The van der Waals surface area contributed by atoms with Crippen molar-refractivity contribution in [3.8, 4) is 0 Å². The first-order valence-corrected chi connectivity index (χ1v) is 2.73. The fourth-order valence-electron chi connectivity index (χ4n) is 0.540. The molecule has 2 nitrogen and oxygen atoms in total. The summed E-state index contributed by atoms with van der Waals surface area (Å²) in [6.07, 6.45) is 5.27. The van der Waals surface area contributed by atoms with E-state index in [2.05, 4.69) is 13.8 Å². The quantitative estimate of drug-likeness (QED) is 0.477. The van der Waals surface area contributed by atoms with Crippen LogP contribution in [-0.4, -0.2) is 0 Å². The van der Waals surface area contributed by atoms with Crippen molar-refractivity contribution >= 4 is 0 Å². The monoisotopic (exact) mass is 191 g/mol. The molecule has 1 aromatic heterocycles. The highest BCUT2D eigenvalue weighted by molar-refractivity contribution is 4.48. The molecule has 0 aliphatic heterocycles. The SMILES string of the molecule is CC(C)[n+]1ccoc1.[Br-]. The Kier molecular flexibility index (Phi) is 3.54. The fraction of sp³-hybridized carbons (Fsp3) is 0.500. The van der Waals surface area contributed by atoms with Crippen LogP contribution in [0.15, 0.2) is 23.3 Å².